The second kappa shape index (κ2) is 11.9. The van der Waals surface area contributed by atoms with Gasteiger partial charge in [0.2, 0.25) is 0 Å². The quantitative estimate of drug-likeness (QED) is 0.366. The van der Waals surface area contributed by atoms with E-state index in [1.165, 1.54) is 6.20 Å². The molecule has 0 saturated carbocycles. The van der Waals surface area contributed by atoms with Crippen molar-refractivity contribution in [3.8, 4) is 16.9 Å². The van der Waals surface area contributed by atoms with Crippen molar-refractivity contribution in [2.75, 3.05) is 19.6 Å². The minimum Gasteiger partial charge on any atom is -0.508 e. The van der Waals surface area contributed by atoms with Crippen LogP contribution in [0.2, 0.25) is 0 Å². The summed E-state index contributed by atoms with van der Waals surface area (Å²) < 4.78 is 3.53. The summed E-state index contributed by atoms with van der Waals surface area (Å²) in [6.45, 7) is 8.94. The Balaban J connectivity index is 1.97. The number of allylic oxidation sites excluding steroid dienone is 3. The zero-order valence-corrected chi connectivity index (χ0v) is 17.9. The zero-order chi connectivity index (χ0) is 21.1. The Hall–Kier alpha value is -2.76. The van der Waals surface area contributed by atoms with E-state index in [4.69, 9.17) is 5.73 Å². The molecular weight excluding hydrogens is 378 g/mol. The fourth-order valence-corrected chi connectivity index (χ4v) is 3.92. The van der Waals surface area contributed by atoms with Crippen molar-refractivity contribution in [3.05, 3.63) is 85.2 Å². The van der Waals surface area contributed by atoms with E-state index in [-0.39, 0.29) is 16.4 Å². The maximum atomic E-state index is 9.73. The van der Waals surface area contributed by atoms with Crippen LogP contribution >= 0.6 is 10.7 Å². The molecule has 0 radical (unpaired) electrons. The van der Waals surface area contributed by atoms with E-state index in [1.807, 2.05) is 36.4 Å². The molecule has 0 aliphatic carbocycles. The van der Waals surface area contributed by atoms with Crippen LogP contribution in [0, 0.1) is 0 Å². The van der Waals surface area contributed by atoms with Crippen LogP contribution in [0.3, 0.4) is 0 Å². The Labute approximate surface area is 177 Å². The molecule has 2 rings (SSSR count). The van der Waals surface area contributed by atoms with E-state index in [0.717, 1.165) is 47.8 Å². The van der Waals surface area contributed by atoms with Crippen LogP contribution in [0.15, 0.2) is 90.1 Å². The summed E-state index contributed by atoms with van der Waals surface area (Å²) in [5, 5.41) is 9.73. The number of rotatable bonds is 11. The zero-order valence-electron chi connectivity index (χ0n) is 17.1. The summed E-state index contributed by atoms with van der Waals surface area (Å²) in [5.74, 6) is 4.57. The topological polar surface area (TPSA) is 61.5 Å². The average Bonchev–Trinajstić information content (AvgIpc) is 2.73. The molecule has 0 saturated heterocycles. The highest BCUT2D eigenvalue weighted by molar-refractivity contribution is 8.12. The van der Waals surface area contributed by atoms with Gasteiger partial charge in [-0.1, -0.05) is 60.4 Å². The van der Waals surface area contributed by atoms with Gasteiger partial charge in [-0.2, -0.15) is 0 Å². The lowest BCUT2D eigenvalue weighted by Gasteiger charge is -2.25. The summed E-state index contributed by atoms with van der Waals surface area (Å²) in [7, 11) is -0.328. The molecule has 4 nitrogen and oxygen atoms in total. The van der Waals surface area contributed by atoms with Crippen LogP contribution in [-0.2, 0) is 0 Å². The number of hydrogen-bond donors (Lipinski definition) is 3. The number of phenolic OH excluding ortho intramolecular Hbond substituents is 1. The van der Waals surface area contributed by atoms with Crippen LogP contribution < -0.4 is 10.5 Å². The van der Waals surface area contributed by atoms with Crippen molar-refractivity contribution in [1.29, 1.82) is 0 Å². The molecule has 0 heterocycles. The largest absolute Gasteiger partial charge is 0.508 e. The monoisotopic (exact) mass is 409 g/mol. The lowest BCUT2D eigenvalue weighted by Crippen LogP contribution is -2.29. The lowest BCUT2D eigenvalue weighted by molar-refractivity contribution is 0.362. The first kappa shape index (κ1) is 22.5. The SMILES string of the molecule is C=C(/C=C\C=C/N)N(CCC)CCNS(=C)c1cccc(-c2cccc(O)c2)c1. The molecule has 1 atom stereocenters. The minimum atomic E-state index is -0.328. The first-order chi connectivity index (χ1) is 14.0. The van der Waals surface area contributed by atoms with Gasteiger partial charge in [0.1, 0.15) is 5.75 Å². The second-order valence-corrected chi connectivity index (χ2v) is 8.13. The Morgan fingerprint density at radius 3 is 2.55 bits per heavy atom. The van der Waals surface area contributed by atoms with Crippen molar-refractivity contribution in [2.24, 2.45) is 5.73 Å². The van der Waals surface area contributed by atoms with Gasteiger partial charge in [0, 0.05) is 30.2 Å². The molecule has 0 spiro atoms. The fraction of sp³-hybridized carbons (Fsp3) is 0.208. The number of aromatic hydroxyl groups is 1. The maximum Gasteiger partial charge on any atom is 0.116 e. The smallest absolute Gasteiger partial charge is 0.116 e. The highest BCUT2D eigenvalue weighted by Gasteiger charge is 2.06. The second-order valence-electron chi connectivity index (χ2n) is 6.59. The summed E-state index contributed by atoms with van der Waals surface area (Å²) in [5.41, 5.74) is 8.41. The third-order valence-electron chi connectivity index (χ3n) is 4.37. The number of hydrogen-bond acceptors (Lipinski definition) is 4. The van der Waals surface area contributed by atoms with Crippen LogP contribution in [0.25, 0.3) is 11.1 Å². The Morgan fingerprint density at radius 2 is 1.86 bits per heavy atom. The maximum absolute atomic E-state index is 9.73. The van der Waals surface area contributed by atoms with Crippen LogP contribution in [0.1, 0.15) is 13.3 Å². The summed E-state index contributed by atoms with van der Waals surface area (Å²) >= 11 is 0. The minimum absolute atomic E-state index is 0.270. The molecule has 154 valence electrons. The number of nitrogens with two attached hydrogens (primary N) is 1. The third kappa shape index (κ3) is 7.29. The molecule has 2 aromatic carbocycles. The fourth-order valence-electron chi connectivity index (χ4n) is 2.91. The molecule has 0 aliphatic rings. The normalized spacial score (nSPS) is 12.4. The van der Waals surface area contributed by atoms with Crippen LogP contribution in [0.5, 0.6) is 5.75 Å². The van der Waals surface area contributed by atoms with E-state index in [2.05, 4.69) is 41.1 Å². The molecule has 0 aliphatic heterocycles. The van der Waals surface area contributed by atoms with Crippen LogP contribution in [-0.4, -0.2) is 35.5 Å². The highest BCUT2D eigenvalue weighted by atomic mass is 32.2. The van der Waals surface area contributed by atoms with Gasteiger partial charge in [0.15, 0.2) is 0 Å². The van der Waals surface area contributed by atoms with Gasteiger partial charge in [0.05, 0.1) is 0 Å². The van der Waals surface area contributed by atoms with E-state index in [0.29, 0.717) is 0 Å². The molecule has 0 bridgehead atoms. The van der Waals surface area contributed by atoms with Gasteiger partial charge >= 0.3 is 0 Å². The van der Waals surface area contributed by atoms with E-state index < -0.39 is 0 Å². The lowest BCUT2D eigenvalue weighted by atomic mass is 10.1. The van der Waals surface area contributed by atoms with Gasteiger partial charge in [0.25, 0.3) is 0 Å². The van der Waals surface area contributed by atoms with Crippen molar-refractivity contribution < 1.29 is 5.11 Å². The molecular formula is C24H31N3OS. The Morgan fingerprint density at radius 1 is 1.14 bits per heavy atom. The van der Waals surface area contributed by atoms with E-state index in [1.54, 1.807) is 18.2 Å². The number of benzene rings is 2. The first-order valence-electron chi connectivity index (χ1n) is 9.71. The highest BCUT2D eigenvalue weighted by Crippen LogP contribution is 2.28. The molecule has 2 aromatic rings. The molecule has 5 heteroatoms. The molecule has 29 heavy (non-hydrogen) atoms. The first-order valence-corrected chi connectivity index (χ1v) is 11.1. The predicted molar refractivity (Wildman–Crippen MR) is 128 cm³/mol. The van der Waals surface area contributed by atoms with E-state index >= 15 is 0 Å². The molecule has 0 fully saturated rings. The van der Waals surface area contributed by atoms with Gasteiger partial charge in [-0.25, -0.2) is 0 Å². The molecule has 4 N–H and O–H groups in total. The van der Waals surface area contributed by atoms with Gasteiger partial charge in [-0.3, -0.25) is 4.72 Å². The van der Waals surface area contributed by atoms with Crippen LogP contribution in [0.4, 0.5) is 0 Å². The van der Waals surface area contributed by atoms with Crippen molar-refractivity contribution in [1.82, 2.24) is 9.62 Å². The summed E-state index contributed by atoms with van der Waals surface area (Å²) in [6, 6.07) is 15.6. The van der Waals surface area contributed by atoms with Gasteiger partial charge in [-0.05, 0) is 60.2 Å². The number of phenols is 1. The van der Waals surface area contributed by atoms with Crippen molar-refractivity contribution >= 4 is 16.5 Å². The van der Waals surface area contributed by atoms with E-state index in [9.17, 15) is 5.11 Å². The number of nitrogens with zero attached hydrogens (tertiary/aromatic N) is 1. The molecule has 0 aromatic heterocycles. The number of nitrogens with one attached hydrogen (secondary N) is 1. The Bertz CT molecular complexity index is 889. The average molecular weight is 410 g/mol. The van der Waals surface area contributed by atoms with Gasteiger partial charge in [-0.15, -0.1) is 0 Å². The molecule has 0 amide bonds. The summed E-state index contributed by atoms with van der Waals surface area (Å²) in [6.07, 6.45) is 8.23. The molecule has 1 unspecified atom stereocenters. The predicted octanol–water partition coefficient (Wildman–Crippen LogP) is 4.88. The summed E-state index contributed by atoms with van der Waals surface area (Å²) in [4.78, 5) is 3.40. The van der Waals surface area contributed by atoms with Crippen molar-refractivity contribution in [3.63, 3.8) is 0 Å². The van der Waals surface area contributed by atoms with Crippen molar-refractivity contribution in [2.45, 2.75) is 18.2 Å². The van der Waals surface area contributed by atoms with Gasteiger partial charge < -0.3 is 15.7 Å². The Kier molecular flexibility index (Phi) is 9.28. The third-order valence-corrected chi connectivity index (χ3v) is 5.74. The standard InChI is InChI=1S/C24H31N3OS/c1-4-16-27(20(2)9-5-6-14-25)17-15-26-29(3)24-13-8-11-22(19-24)21-10-7-12-23(28)18-21/h5-14,18-19,26,28H,2-4,15-17,25H2,1H3/b9-5-,14-6-.